The summed E-state index contributed by atoms with van der Waals surface area (Å²) in [6.07, 6.45) is 7.87. The molecule has 3 atom stereocenters. The Morgan fingerprint density at radius 3 is 2.70 bits per heavy atom. The van der Waals surface area contributed by atoms with E-state index in [1.54, 1.807) is 4.90 Å². The van der Waals surface area contributed by atoms with Gasteiger partial charge in [-0.2, -0.15) is 0 Å². The molecular weight excluding hydrogens is 294 g/mol. The van der Waals surface area contributed by atoms with E-state index in [9.17, 15) is 14.7 Å². The van der Waals surface area contributed by atoms with E-state index in [2.05, 4.69) is 0 Å². The average molecular weight is 323 g/mol. The highest BCUT2D eigenvalue weighted by atomic mass is 16.5. The highest BCUT2D eigenvalue weighted by molar-refractivity contribution is 5.82. The maximum Gasteiger partial charge on any atom is 0.311 e. The minimum Gasteiger partial charge on any atom is -0.481 e. The van der Waals surface area contributed by atoms with Gasteiger partial charge in [0.15, 0.2) is 0 Å². The van der Waals surface area contributed by atoms with Crippen LogP contribution in [0.25, 0.3) is 0 Å². The minimum absolute atomic E-state index is 0.00464. The lowest BCUT2D eigenvalue weighted by Gasteiger charge is -2.34. The number of fused-ring (bicyclic) bond motifs is 1. The predicted molar refractivity (Wildman–Crippen MR) is 85.9 cm³/mol. The van der Waals surface area contributed by atoms with Gasteiger partial charge in [0.1, 0.15) is 0 Å². The number of ether oxygens (including phenoxy) is 1. The van der Waals surface area contributed by atoms with Gasteiger partial charge >= 0.3 is 5.97 Å². The molecule has 0 aromatic heterocycles. The third kappa shape index (κ3) is 3.25. The lowest BCUT2D eigenvalue weighted by Crippen LogP contribution is -2.45. The molecule has 5 nitrogen and oxygen atoms in total. The third-order valence-corrected chi connectivity index (χ3v) is 6.28. The fourth-order valence-corrected chi connectivity index (χ4v) is 4.80. The average Bonchev–Trinajstić information content (AvgIpc) is 2.96. The molecule has 0 bridgehead atoms. The molecule has 1 N–H and O–H groups in total. The van der Waals surface area contributed by atoms with Crippen LogP contribution in [-0.2, 0) is 14.3 Å². The molecule has 1 aliphatic carbocycles. The first-order chi connectivity index (χ1) is 11.0. The van der Waals surface area contributed by atoms with Gasteiger partial charge in [-0.3, -0.25) is 9.59 Å². The van der Waals surface area contributed by atoms with E-state index in [-0.39, 0.29) is 17.7 Å². The molecule has 0 aromatic rings. The Morgan fingerprint density at radius 1 is 1.30 bits per heavy atom. The van der Waals surface area contributed by atoms with Crippen LogP contribution in [0.2, 0.25) is 0 Å². The summed E-state index contributed by atoms with van der Waals surface area (Å²) < 4.78 is 5.47. The molecule has 0 radical (unpaired) electrons. The van der Waals surface area contributed by atoms with Gasteiger partial charge in [0.25, 0.3) is 0 Å². The van der Waals surface area contributed by atoms with Gasteiger partial charge in [-0.05, 0) is 18.8 Å². The van der Waals surface area contributed by atoms with Crippen molar-refractivity contribution in [3.05, 3.63) is 0 Å². The molecule has 1 unspecified atom stereocenters. The summed E-state index contributed by atoms with van der Waals surface area (Å²) in [5.74, 6) is 0.000534. The van der Waals surface area contributed by atoms with Gasteiger partial charge in [-0.25, -0.2) is 0 Å². The highest BCUT2D eigenvalue weighted by Crippen LogP contribution is 2.43. The molecule has 3 fully saturated rings. The summed E-state index contributed by atoms with van der Waals surface area (Å²) in [5.41, 5.74) is -0.779. The summed E-state index contributed by atoms with van der Waals surface area (Å²) in [6, 6.07) is 0. The van der Waals surface area contributed by atoms with Crippen LogP contribution < -0.4 is 0 Å². The standard InChI is InChI=1S/C18H29NO4/c1-13(9-14-5-3-2-4-6-14)16(20)19-10-15-11-23-8-7-18(15,12-19)17(21)22/h13-15H,2-12H2,1H3,(H,21,22)/t13?,15-,18+/m0/s1. The molecule has 130 valence electrons. The van der Waals surface area contributed by atoms with Crippen LogP contribution >= 0.6 is 0 Å². The first-order valence-corrected chi connectivity index (χ1v) is 9.13. The monoisotopic (exact) mass is 323 g/mol. The second-order valence-electron chi connectivity index (χ2n) is 7.84. The van der Waals surface area contributed by atoms with E-state index < -0.39 is 11.4 Å². The molecule has 0 spiro atoms. The van der Waals surface area contributed by atoms with Crippen LogP contribution in [-0.4, -0.2) is 48.2 Å². The van der Waals surface area contributed by atoms with Gasteiger partial charge in [-0.15, -0.1) is 0 Å². The van der Waals surface area contributed by atoms with Crippen molar-refractivity contribution < 1.29 is 19.4 Å². The Kier molecular flexibility index (Phi) is 4.95. The number of rotatable bonds is 4. The van der Waals surface area contributed by atoms with Crippen molar-refractivity contribution in [3.63, 3.8) is 0 Å². The van der Waals surface area contributed by atoms with Crippen molar-refractivity contribution in [3.8, 4) is 0 Å². The lowest BCUT2D eigenvalue weighted by molar-refractivity contribution is -0.157. The number of nitrogens with zero attached hydrogens (tertiary/aromatic N) is 1. The zero-order chi connectivity index (χ0) is 16.4. The van der Waals surface area contributed by atoms with Gasteiger partial charge < -0.3 is 14.7 Å². The molecule has 1 saturated carbocycles. The smallest absolute Gasteiger partial charge is 0.311 e. The second kappa shape index (κ2) is 6.80. The molecular formula is C18H29NO4. The Hall–Kier alpha value is -1.10. The van der Waals surface area contributed by atoms with E-state index in [0.29, 0.717) is 38.6 Å². The summed E-state index contributed by atoms with van der Waals surface area (Å²) in [4.78, 5) is 26.4. The number of carboxylic acid groups (broad SMARTS) is 1. The SMILES string of the molecule is CC(CC1CCCCC1)C(=O)N1C[C@H]2COCC[C@@]2(C(=O)O)C1. The largest absolute Gasteiger partial charge is 0.481 e. The number of hydrogen-bond donors (Lipinski definition) is 1. The van der Waals surface area contributed by atoms with Gasteiger partial charge in [-0.1, -0.05) is 39.0 Å². The van der Waals surface area contributed by atoms with Gasteiger partial charge in [0.2, 0.25) is 5.91 Å². The van der Waals surface area contributed by atoms with E-state index in [1.807, 2.05) is 6.92 Å². The molecule has 0 aromatic carbocycles. The number of hydrogen-bond acceptors (Lipinski definition) is 3. The fourth-order valence-electron chi connectivity index (χ4n) is 4.80. The zero-order valence-corrected chi connectivity index (χ0v) is 14.1. The van der Waals surface area contributed by atoms with Crippen molar-refractivity contribution in [1.29, 1.82) is 0 Å². The van der Waals surface area contributed by atoms with Crippen molar-refractivity contribution in [2.45, 2.75) is 51.9 Å². The maximum atomic E-state index is 12.8. The normalized spacial score (nSPS) is 33.3. The van der Waals surface area contributed by atoms with E-state index in [4.69, 9.17) is 4.74 Å². The van der Waals surface area contributed by atoms with Crippen LogP contribution in [0.3, 0.4) is 0 Å². The van der Waals surface area contributed by atoms with Crippen molar-refractivity contribution in [1.82, 2.24) is 4.90 Å². The van der Waals surface area contributed by atoms with Crippen molar-refractivity contribution >= 4 is 11.9 Å². The fraction of sp³-hybridized carbons (Fsp3) is 0.889. The first kappa shape index (κ1) is 16.7. The lowest BCUT2D eigenvalue weighted by atomic mass is 9.74. The molecule has 3 aliphatic rings. The minimum atomic E-state index is -0.779. The third-order valence-electron chi connectivity index (χ3n) is 6.28. The Labute approximate surface area is 138 Å². The zero-order valence-electron chi connectivity index (χ0n) is 14.1. The first-order valence-electron chi connectivity index (χ1n) is 9.13. The Morgan fingerprint density at radius 2 is 2.04 bits per heavy atom. The van der Waals surface area contributed by atoms with Crippen molar-refractivity contribution in [2.24, 2.45) is 23.2 Å². The number of carbonyl (C=O) groups is 2. The van der Waals surface area contributed by atoms with Gasteiger partial charge in [0.05, 0.1) is 12.0 Å². The number of likely N-dealkylation sites (tertiary alicyclic amines) is 1. The number of carbonyl (C=O) groups excluding carboxylic acids is 1. The summed E-state index contributed by atoms with van der Waals surface area (Å²) in [6.45, 7) is 3.88. The molecule has 2 saturated heterocycles. The predicted octanol–water partition coefficient (Wildman–Crippen LogP) is 2.54. The Bertz CT molecular complexity index is 460. The maximum absolute atomic E-state index is 12.8. The molecule has 1 amide bonds. The topological polar surface area (TPSA) is 66.8 Å². The van der Waals surface area contributed by atoms with Crippen LogP contribution in [0, 0.1) is 23.2 Å². The van der Waals surface area contributed by atoms with E-state index in [1.165, 1.54) is 32.1 Å². The molecule has 2 heterocycles. The highest BCUT2D eigenvalue weighted by Gasteiger charge is 2.55. The summed E-state index contributed by atoms with van der Waals surface area (Å²) in [7, 11) is 0. The quantitative estimate of drug-likeness (QED) is 0.863. The van der Waals surface area contributed by atoms with E-state index >= 15 is 0 Å². The summed E-state index contributed by atoms with van der Waals surface area (Å²) in [5, 5.41) is 9.70. The van der Waals surface area contributed by atoms with Crippen LogP contribution in [0.1, 0.15) is 51.9 Å². The number of aliphatic carboxylic acids is 1. The molecule has 2 aliphatic heterocycles. The second-order valence-corrected chi connectivity index (χ2v) is 7.84. The summed E-state index contributed by atoms with van der Waals surface area (Å²) >= 11 is 0. The van der Waals surface area contributed by atoms with Gasteiger partial charge in [0, 0.05) is 31.5 Å². The van der Waals surface area contributed by atoms with Crippen LogP contribution in [0.15, 0.2) is 0 Å². The Balaban J connectivity index is 1.62. The molecule has 5 heteroatoms. The number of amides is 1. The molecule has 3 rings (SSSR count). The molecule has 23 heavy (non-hydrogen) atoms. The van der Waals surface area contributed by atoms with Crippen LogP contribution in [0.5, 0.6) is 0 Å². The van der Waals surface area contributed by atoms with Crippen molar-refractivity contribution in [2.75, 3.05) is 26.3 Å². The van der Waals surface area contributed by atoms with E-state index in [0.717, 1.165) is 6.42 Å². The number of carboxylic acids is 1. The van der Waals surface area contributed by atoms with Crippen LogP contribution in [0.4, 0.5) is 0 Å².